The summed E-state index contributed by atoms with van der Waals surface area (Å²) in [5.41, 5.74) is 4.34. The molecule has 0 aliphatic rings. The first kappa shape index (κ1) is 12.8. The van der Waals surface area contributed by atoms with E-state index in [9.17, 15) is 0 Å². The van der Waals surface area contributed by atoms with Crippen molar-refractivity contribution >= 4 is 11.6 Å². The summed E-state index contributed by atoms with van der Waals surface area (Å²) in [6.45, 7) is 0. The summed E-state index contributed by atoms with van der Waals surface area (Å²) in [6.07, 6.45) is 4.88. The highest BCUT2D eigenvalue weighted by Gasteiger charge is 2.22. The van der Waals surface area contributed by atoms with Crippen molar-refractivity contribution in [2.24, 2.45) is 12.9 Å². The fourth-order valence-electron chi connectivity index (χ4n) is 1.86. The number of hydrogen-bond acceptors (Lipinski definition) is 5. The molecule has 0 amide bonds. The van der Waals surface area contributed by atoms with E-state index >= 15 is 0 Å². The van der Waals surface area contributed by atoms with E-state index in [1.54, 1.807) is 37.4 Å². The lowest BCUT2D eigenvalue weighted by molar-refractivity contribution is 0.400. The molecule has 0 aliphatic heterocycles. The molecule has 0 aliphatic carbocycles. The second-order valence-electron chi connectivity index (χ2n) is 3.72. The van der Waals surface area contributed by atoms with Crippen molar-refractivity contribution in [2.75, 3.05) is 7.11 Å². The molecule has 18 heavy (non-hydrogen) atoms. The molecule has 2 aromatic rings. The van der Waals surface area contributed by atoms with Gasteiger partial charge in [-0.2, -0.15) is 5.10 Å². The summed E-state index contributed by atoms with van der Waals surface area (Å²) >= 11 is 6.13. The Labute approximate surface area is 110 Å². The first-order valence-electron chi connectivity index (χ1n) is 5.30. The molecular weight excluding hydrogens is 254 g/mol. The van der Waals surface area contributed by atoms with Crippen LogP contribution in [0.2, 0.25) is 5.02 Å². The Morgan fingerprint density at radius 1 is 1.50 bits per heavy atom. The van der Waals surface area contributed by atoms with Crippen LogP contribution in [0.5, 0.6) is 5.75 Å². The van der Waals surface area contributed by atoms with Gasteiger partial charge in [-0.3, -0.25) is 15.5 Å². The first-order valence-corrected chi connectivity index (χ1v) is 5.68. The molecule has 2 heterocycles. The summed E-state index contributed by atoms with van der Waals surface area (Å²) in [6, 6.07) is 1.51. The van der Waals surface area contributed by atoms with Crippen LogP contribution >= 0.6 is 11.6 Å². The summed E-state index contributed by atoms with van der Waals surface area (Å²) in [7, 11) is 3.39. The van der Waals surface area contributed by atoms with Gasteiger partial charge in [0.1, 0.15) is 5.75 Å². The quantitative estimate of drug-likeness (QED) is 0.639. The van der Waals surface area contributed by atoms with E-state index in [1.807, 2.05) is 6.07 Å². The second-order valence-corrected chi connectivity index (χ2v) is 4.13. The van der Waals surface area contributed by atoms with Crippen LogP contribution in [0, 0.1) is 0 Å². The van der Waals surface area contributed by atoms with Crippen LogP contribution in [-0.2, 0) is 7.05 Å². The smallest absolute Gasteiger partial charge is 0.142 e. The number of pyridine rings is 1. The number of hydrogen-bond donors (Lipinski definition) is 2. The lowest BCUT2D eigenvalue weighted by atomic mass is 10.0. The minimum atomic E-state index is -0.317. The summed E-state index contributed by atoms with van der Waals surface area (Å²) < 4.78 is 6.95. The molecule has 1 atom stereocenters. The van der Waals surface area contributed by atoms with Gasteiger partial charge in [0.25, 0.3) is 0 Å². The Morgan fingerprint density at radius 3 is 2.83 bits per heavy atom. The molecule has 7 heteroatoms. The van der Waals surface area contributed by atoms with Crippen LogP contribution in [-0.4, -0.2) is 21.9 Å². The van der Waals surface area contributed by atoms with Gasteiger partial charge >= 0.3 is 0 Å². The third-order valence-electron chi connectivity index (χ3n) is 2.73. The summed E-state index contributed by atoms with van der Waals surface area (Å²) in [4.78, 5) is 4.01. The van der Waals surface area contributed by atoms with Gasteiger partial charge < -0.3 is 4.74 Å². The van der Waals surface area contributed by atoms with Gasteiger partial charge in [0.05, 0.1) is 36.3 Å². The zero-order valence-corrected chi connectivity index (χ0v) is 10.8. The Balaban J connectivity index is 2.52. The number of hydrazine groups is 1. The van der Waals surface area contributed by atoms with E-state index in [-0.39, 0.29) is 6.04 Å². The molecule has 96 valence electrons. The van der Waals surface area contributed by atoms with Crippen molar-refractivity contribution < 1.29 is 4.74 Å². The number of nitrogens with one attached hydrogen (secondary N) is 1. The molecular formula is C11H14ClN5O. The van der Waals surface area contributed by atoms with Crippen molar-refractivity contribution in [3.05, 3.63) is 40.9 Å². The van der Waals surface area contributed by atoms with E-state index < -0.39 is 0 Å². The Morgan fingerprint density at radius 2 is 2.28 bits per heavy atom. The molecule has 0 saturated carbocycles. The van der Waals surface area contributed by atoms with Gasteiger partial charge in [0.15, 0.2) is 0 Å². The lowest BCUT2D eigenvalue weighted by Crippen LogP contribution is -2.31. The van der Waals surface area contributed by atoms with Crippen molar-refractivity contribution in [2.45, 2.75) is 6.04 Å². The zero-order valence-electron chi connectivity index (χ0n) is 10.1. The average molecular weight is 268 g/mol. The van der Waals surface area contributed by atoms with Crippen molar-refractivity contribution in [1.29, 1.82) is 0 Å². The molecule has 3 N–H and O–H groups in total. The van der Waals surface area contributed by atoms with E-state index in [2.05, 4.69) is 15.5 Å². The van der Waals surface area contributed by atoms with Gasteiger partial charge in [0.2, 0.25) is 0 Å². The number of ether oxygens (including phenoxy) is 1. The highest BCUT2D eigenvalue weighted by atomic mass is 35.5. The van der Waals surface area contributed by atoms with Crippen molar-refractivity contribution in [1.82, 2.24) is 20.2 Å². The molecule has 6 nitrogen and oxygen atoms in total. The average Bonchev–Trinajstić information content (AvgIpc) is 2.72. The minimum absolute atomic E-state index is 0.317. The van der Waals surface area contributed by atoms with Crippen molar-refractivity contribution in [3.8, 4) is 5.75 Å². The SMILES string of the molecule is COc1cnccc1C(NN)c1c(Cl)cnn1C. The molecule has 2 rings (SSSR count). The molecule has 0 saturated heterocycles. The van der Waals surface area contributed by atoms with Crippen LogP contribution in [0.25, 0.3) is 0 Å². The van der Waals surface area contributed by atoms with Gasteiger partial charge in [0, 0.05) is 18.8 Å². The molecule has 0 aromatic carbocycles. The standard InChI is InChI=1S/C11H14ClN5O/c1-17-11(8(12)5-15-17)10(16-13)7-3-4-14-6-9(7)18-2/h3-6,10,16H,13H2,1-2H3. The number of rotatable bonds is 4. The van der Waals surface area contributed by atoms with Crippen LogP contribution in [0.4, 0.5) is 0 Å². The number of nitrogens with two attached hydrogens (primary N) is 1. The monoisotopic (exact) mass is 267 g/mol. The first-order chi connectivity index (χ1) is 8.69. The summed E-state index contributed by atoms with van der Waals surface area (Å²) in [5, 5.41) is 4.64. The highest BCUT2D eigenvalue weighted by Crippen LogP contribution is 2.31. The van der Waals surface area contributed by atoms with E-state index in [4.69, 9.17) is 22.2 Å². The van der Waals surface area contributed by atoms with E-state index in [0.717, 1.165) is 11.3 Å². The molecule has 0 bridgehead atoms. The topological polar surface area (TPSA) is 78.0 Å². The largest absolute Gasteiger partial charge is 0.495 e. The molecule has 0 radical (unpaired) electrons. The number of aromatic nitrogens is 3. The minimum Gasteiger partial charge on any atom is -0.495 e. The fourth-order valence-corrected chi connectivity index (χ4v) is 2.14. The predicted molar refractivity (Wildman–Crippen MR) is 68.2 cm³/mol. The Kier molecular flexibility index (Phi) is 3.81. The molecule has 0 spiro atoms. The van der Waals surface area contributed by atoms with Gasteiger partial charge in [-0.1, -0.05) is 11.6 Å². The maximum absolute atomic E-state index is 6.13. The Bertz CT molecular complexity index is 522. The number of methoxy groups -OCH3 is 1. The second kappa shape index (κ2) is 5.34. The van der Waals surface area contributed by atoms with Gasteiger partial charge in [-0.05, 0) is 6.07 Å². The third-order valence-corrected chi connectivity index (χ3v) is 3.02. The molecule has 0 fully saturated rings. The fraction of sp³-hybridized carbons (Fsp3) is 0.273. The van der Waals surface area contributed by atoms with Gasteiger partial charge in [-0.25, -0.2) is 5.43 Å². The van der Waals surface area contributed by atoms with Crippen LogP contribution in [0.1, 0.15) is 17.3 Å². The van der Waals surface area contributed by atoms with Gasteiger partial charge in [-0.15, -0.1) is 0 Å². The number of halogens is 1. The number of aryl methyl sites for hydroxylation is 1. The maximum atomic E-state index is 6.13. The van der Waals surface area contributed by atoms with Crippen LogP contribution < -0.4 is 16.0 Å². The van der Waals surface area contributed by atoms with E-state index in [0.29, 0.717) is 10.8 Å². The zero-order chi connectivity index (χ0) is 13.1. The highest BCUT2D eigenvalue weighted by molar-refractivity contribution is 6.31. The predicted octanol–water partition coefficient (Wildman–Crippen LogP) is 1.03. The number of nitrogens with zero attached hydrogens (tertiary/aromatic N) is 3. The van der Waals surface area contributed by atoms with Crippen molar-refractivity contribution in [3.63, 3.8) is 0 Å². The maximum Gasteiger partial charge on any atom is 0.142 e. The Hall–Kier alpha value is -1.63. The van der Waals surface area contributed by atoms with Crippen LogP contribution in [0.3, 0.4) is 0 Å². The van der Waals surface area contributed by atoms with Crippen LogP contribution in [0.15, 0.2) is 24.7 Å². The molecule has 2 aromatic heterocycles. The summed E-state index contributed by atoms with van der Waals surface area (Å²) in [5.74, 6) is 6.27. The third kappa shape index (κ3) is 2.17. The van der Waals surface area contributed by atoms with E-state index in [1.165, 1.54) is 0 Å². The normalized spacial score (nSPS) is 12.4. The lowest BCUT2D eigenvalue weighted by Gasteiger charge is -2.19. The molecule has 1 unspecified atom stereocenters.